The molecule has 0 spiro atoms. The van der Waals surface area contributed by atoms with Crippen LogP contribution in [0.2, 0.25) is 0 Å². The van der Waals surface area contributed by atoms with Gasteiger partial charge < -0.3 is 14.2 Å². The van der Waals surface area contributed by atoms with Gasteiger partial charge in [-0.1, -0.05) is 13.2 Å². The molecule has 0 rings (SSSR count). The van der Waals surface area contributed by atoms with E-state index in [1.807, 2.05) is 0 Å². The lowest BCUT2D eigenvalue weighted by Gasteiger charge is -2.17. The third-order valence-electron chi connectivity index (χ3n) is 2.07. The van der Waals surface area contributed by atoms with Gasteiger partial charge in [-0.2, -0.15) is 0 Å². The minimum atomic E-state index is -0.447. The fraction of sp³-hybridized carbons (Fsp3) is 0.571. The highest BCUT2D eigenvalue weighted by molar-refractivity contribution is 5.87. The van der Waals surface area contributed by atoms with Crippen molar-refractivity contribution in [1.29, 1.82) is 0 Å². The van der Waals surface area contributed by atoms with Crippen LogP contribution in [0.25, 0.3) is 0 Å². The van der Waals surface area contributed by atoms with Gasteiger partial charge in [0, 0.05) is 11.1 Å². The molecule has 0 saturated heterocycles. The average Bonchev–Trinajstić information content (AvgIpc) is 2.32. The Morgan fingerprint density at radius 3 is 1.95 bits per heavy atom. The van der Waals surface area contributed by atoms with E-state index in [1.54, 1.807) is 27.7 Å². The molecule has 0 aromatic carbocycles. The second-order valence-electron chi connectivity index (χ2n) is 4.52. The molecule has 0 fully saturated rings. The van der Waals surface area contributed by atoms with E-state index >= 15 is 0 Å². The Balaban J connectivity index is 3.87. The van der Waals surface area contributed by atoms with Crippen molar-refractivity contribution >= 4 is 11.9 Å². The van der Waals surface area contributed by atoms with Gasteiger partial charge in [0.15, 0.2) is 0 Å². The quantitative estimate of drug-likeness (QED) is 0.499. The summed E-state index contributed by atoms with van der Waals surface area (Å²) in [7, 11) is 0. The predicted octanol–water partition coefficient (Wildman–Crippen LogP) is 2.02. The molecule has 0 unspecified atom stereocenters. The van der Waals surface area contributed by atoms with E-state index in [2.05, 4.69) is 13.2 Å². The van der Waals surface area contributed by atoms with Crippen molar-refractivity contribution in [3.05, 3.63) is 24.3 Å². The van der Waals surface area contributed by atoms with E-state index in [0.29, 0.717) is 11.1 Å². The minimum absolute atomic E-state index is 0.132. The fourth-order valence-electron chi connectivity index (χ4n) is 0.981. The molecule has 0 aliphatic carbocycles. The van der Waals surface area contributed by atoms with Crippen LogP contribution in [0, 0.1) is 0 Å². The Kier molecular flexibility index (Phi) is 7.75. The van der Waals surface area contributed by atoms with Gasteiger partial charge in [-0.05, 0) is 27.7 Å². The Bertz CT molecular complexity index is 359. The largest absolute Gasteiger partial charge is 0.460 e. The molecule has 0 aromatic heterocycles. The highest BCUT2D eigenvalue weighted by Gasteiger charge is 2.13. The zero-order valence-corrected chi connectivity index (χ0v) is 12.0. The van der Waals surface area contributed by atoms with Gasteiger partial charge in [0.1, 0.15) is 12.7 Å². The van der Waals surface area contributed by atoms with Crippen LogP contribution in [-0.4, -0.2) is 37.4 Å². The SMILES string of the molecule is C=C(C)C(=O)OC[C@H](C)OC[C@@H](C)OC(=O)C(=C)C. The van der Waals surface area contributed by atoms with Gasteiger partial charge in [0.2, 0.25) is 0 Å². The number of ether oxygens (including phenoxy) is 3. The molecule has 0 bridgehead atoms. The normalized spacial score (nSPS) is 13.3. The predicted molar refractivity (Wildman–Crippen MR) is 71.6 cm³/mol. The molecule has 0 radical (unpaired) electrons. The van der Waals surface area contributed by atoms with Gasteiger partial charge >= 0.3 is 11.9 Å². The first-order chi connectivity index (χ1) is 8.73. The van der Waals surface area contributed by atoms with Crippen LogP contribution in [0.5, 0.6) is 0 Å². The Morgan fingerprint density at radius 2 is 1.47 bits per heavy atom. The third kappa shape index (κ3) is 8.15. The van der Waals surface area contributed by atoms with E-state index in [-0.39, 0.29) is 25.4 Å². The number of esters is 2. The lowest BCUT2D eigenvalue weighted by atomic mass is 10.3. The standard InChI is InChI=1S/C14H22O5/c1-9(2)13(15)18-7-11(5)17-8-12(6)19-14(16)10(3)4/h11-12H,1,3,7-8H2,2,4-6H3/t11-,12+/m0/s1. The second-order valence-corrected chi connectivity index (χ2v) is 4.52. The third-order valence-corrected chi connectivity index (χ3v) is 2.07. The molecule has 5 nitrogen and oxygen atoms in total. The summed E-state index contributed by atoms with van der Waals surface area (Å²) in [6.45, 7) is 14.0. The van der Waals surface area contributed by atoms with Crippen molar-refractivity contribution in [1.82, 2.24) is 0 Å². The Morgan fingerprint density at radius 1 is 0.947 bits per heavy atom. The number of hydrogen-bond donors (Lipinski definition) is 0. The van der Waals surface area contributed by atoms with Crippen LogP contribution >= 0.6 is 0 Å². The maximum absolute atomic E-state index is 11.2. The van der Waals surface area contributed by atoms with Crippen LogP contribution < -0.4 is 0 Å². The molecule has 0 saturated carbocycles. The molecule has 0 heterocycles. The summed E-state index contributed by atoms with van der Waals surface area (Å²) in [5, 5.41) is 0. The van der Waals surface area contributed by atoms with Gasteiger partial charge in [0.25, 0.3) is 0 Å². The molecular weight excluding hydrogens is 248 g/mol. The Hall–Kier alpha value is -1.62. The lowest BCUT2D eigenvalue weighted by molar-refractivity contribution is -0.149. The maximum atomic E-state index is 11.2. The first kappa shape index (κ1) is 17.4. The Labute approximate surface area is 114 Å². The van der Waals surface area contributed by atoms with Crippen LogP contribution in [0.1, 0.15) is 27.7 Å². The summed E-state index contributed by atoms with van der Waals surface area (Å²) in [6.07, 6.45) is -0.669. The number of hydrogen-bond acceptors (Lipinski definition) is 5. The molecule has 0 amide bonds. The first-order valence-corrected chi connectivity index (χ1v) is 6.04. The molecule has 2 atom stereocenters. The molecule has 108 valence electrons. The summed E-state index contributed by atoms with van der Waals surface area (Å²) >= 11 is 0. The van der Waals surface area contributed by atoms with E-state index in [1.165, 1.54) is 0 Å². The lowest BCUT2D eigenvalue weighted by Crippen LogP contribution is -2.26. The maximum Gasteiger partial charge on any atom is 0.333 e. The van der Waals surface area contributed by atoms with Crippen LogP contribution in [0.4, 0.5) is 0 Å². The van der Waals surface area contributed by atoms with Crippen molar-refractivity contribution in [2.24, 2.45) is 0 Å². The van der Waals surface area contributed by atoms with Crippen molar-refractivity contribution in [3.8, 4) is 0 Å². The summed E-state index contributed by atoms with van der Waals surface area (Å²) < 4.78 is 15.4. The topological polar surface area (TPSA) is 61.8 Å². The first-order valence-electron chi connectivity index (χ1n) is 6.04. The fourth-order valence-corrected chi connectivity index (χ4v) is 0.981. The van der Waals surface area contributed by atoms with Crippen LogP contribution in [-0.2, 0) is 23.8 Å². The molecule has 0 N–H and O–H groups in total. The van der Waals surface area contributed by atoms with Crippen molar-refractivity contribution < 1.29 is 23.8 Å². The molecule has 0 aliphatic heterocycles. The summed E-state index contributed by atoms with van der Waals surface area (Å²) in [5.74, 6) is -0.894. The molecule has 0 aliphatic rings. The summed E-state index contributed by atoms with van der Waals surface area (Å²) in [6, 6.07) is 0. The van der Waals surface area contributed by atoms with Gasteiger partial charge in [-0.3, -0.25) is 0 Å². The minimum Gasteiger partial charge on any atom is -0.460 e. The van der Waals surface area contributed by atoms with Crippen molar-refractivity contribution in [3.63, 3.8) is 0 Å². The summed E-state index contributed by atoms with van der Waals surface area (Å²) in [5.41, 5.74) is 0.686. The number of carbonyl (C=O) groups excluding carboxylic acids is 2. The van der Waals surface area contributed by atoms with E-state index in [0.717, 1.165) is 0 Å². The van der Waals surface area contributed by atoms with E-state index in [4.69, 9.17) is 14.2 Å². The number of carbonyl (C=O) groups is 2. The zero-order chi connectivity index (χ0) is 15.0. The molecule has 19 heavy (non-hydrogen) atoms. The van der Waals surface area contributed by atoms with Gasteiger partial charge in [-0.25, -0.2) is 9.59 Å². The van der Waals surface area contributed by atoms with Crippen molar-refractivity contribution in [2.45, 2.75) is 39.9 Å². The zero-order valence-electron chi connectivity index (χ0n) is 12.0. The van der Waals surface area contributed by atoms with Crippen molar-refractivity contribution in [2.75, 3.05) is 13.2 Å². The highest BCUT2D eigenvalue weighted by Crippen LogP contribution is 2.02. The number of rotatable bonds is 8. The summed E-state index contributed by atoms with van der Waals surface area (Å²) in [4.78, 5) is 22.4. The average molecular weight is 270 g/mol. The monoisotopic (exact) mass is 270 g/mol. The van der Waals surface area contributed by atoms with Gasteiger partial charge in [0.05, 0.1) is 12.7 Å². The van der Waals surface area contributed by atoms with Crippen LogP contribution in [0.15, 0.2) is 24.3 Å². The second kappa shape index (κ2) is 8.48. The molecule has 0 aromatic rings. The molecular formula is C14H22O5. The van der Waals surface area contributed by atoms with Gasteiger partial charge in [-0.15, -0.1) is 0 Å². The van der Waals surface area contributed by atoms with Crippen LogP contribution in [0.3, 0.4) is 0 Å². The van der Waals surface area contributed by atoms with E-state index in [9.17, 15) is 9.59 Å². The van der Waals surface area contributed by atoms with E-state index < -0.39 is 11.9 Å². The molecule has 5 heteroatoms. The highest BCUT2D eigenvalue weighted by atomic mass is 16.6. The smallest absolute Gasteiger partial charge is 0.333 e.